The highest BCUT2D eigenvalue weighted by Crippen LogP contribution is 2.09. The Kier molecular flexibility index (Phi) is 2.72. The number of fused-ring (bicyclic) bond motifs is 1. The molecule has 3 aromatic rings. The molecule has 0 atom stereocenters. The highest BCUT2D eigenvalue weighted by molar-refractivity contribution is 6.03. The van der Waals surface area contributed by atoms with Gasteiger partial charge in [0.25, 0.3) is 5.91 Å². The number of hydrogen-bond acceptors (Lipinski definition) is 3. The topological polar surface area (TPSA) is 59.3 Å². The van der Waals surface area contributed by atoms with Gasteiger partial charge in [-0.05, 0) is 31.2 Å². The van der Waals surface area contributed by atoms with E-state index < -0.39 is 0 Å². The number of carbonyl (C=O) groups excluding carboxylic acids is 1. The Morgan fingerprint density at radius 2 is 2.16 bits per heavy atom. The van der Waals surface area contributed by atoms with Crippen LogP contribution in [0.2, 0.25) is 0 Å². The molecular formula is C14H12N4O. The SMILES string of the molecule is Cc1cccc(NC(=O)c2ccc3nccn3c2)n1. The second-order valence-electron chi connectivity index (χ2n) is 4.23. The largest absolute Gasteiger partial charge is 0.307 e. The van der Waals surface area contributed by atoms with Gasteiger partial charge in [0, 0.05) is 24.3 Å². The molecule has 0 fully saturated rings. The monoisotopic (exact) mass is 252 g/mol. The van der Waals surface area contributed by atoms with Gasteiger partial charge in [0.2, 0.25) is 0 Å². The van der Waals surface area contributed by atoms with Crippen molar-refractivity contribution < 1.29 is 4.79 Å². The van der Waals surface area contributed by atoms with E-state index in [1.807, 2.05) is 19.1 Å². The summed E-state index contributed by atoms with van der Waals surface area (Å²) in [6.07, 6.45) is 5.24. The molecule has 3 heterocycles. The van der Waals surface area contributed by atoms with Crippen LogP contribution in [-0.4, -0.2) is 20.3 Å². The molecule has 0 unspecified atom stereocenters. The minimum absolute atomic E-state index is 0.186. The van der Waals surface area contributed by atoms with Crippen LogP contribution in [0.3, 0.4) is 0 Å². The molecule has 5 nitrogen and oxygen atoms in total. The number of anilines is 1. The van der Waals surface area contributed by atoms with Crippen LogP contribution < -0.4 is 5.32 Å². The molecule has 94 valence electrons. The lowest BCUT2D eigenvalue weighted by atomic mass is 10.2. The number of imidazole rings is 1. The van der Waals surface area contributed by atoms with E-state index in [0.29, 0.717) is 11.4 Å². The summed E-state index contributed by atoms with van der Waals surface area (Å²) in [6, 6.07) is 9.05. The fraction of sp³-hybridized carbons (Fsp3) is 0.0714. The molecule has 0 aromatic carbocycles. The van der Waals surface area contributed by atoms with Gasteiger partial charge in [0.05, 0.1) is 5.56 Å². The van der Waals surface area contributed by atoms with Gasteiger partial charge in [0.1, 0.15) is 11.5 Å². The van der Waals surface area contributed by atoms with E-state index in [4.69, 9.17) is 0 Å². The molecule has 0 aliphatic carbocycles. The third-order valence-corrected chi connectivity index (χ3v) is 2.78. The van der Waals surface area contributed by atoms with Crippen LogP contribution in [0.15, 0.2) is 48.9 Å². The summed E-state index contributed by atoms with van der Waals surface area (Å²) in [6.45, 7) is 1.88. The van der Waals surface area contributed by atoms with Crippen molar-refractivity contribution in [2.45, 2.75) is 6.92 Å². The van der Waals surface area contributed by atoms with Crippen LogP contribution in [0.5, 0.6) is 0 Å². The summed E-state index contributed by atoms with van der Waals surface area (Å²) >= 11 is 0. The van der Waals surface area contributed by atoms with Crippen LogP contribution in [0.25, 0.3) is 5.65 Å². The Morgan fingerprint density at radius 3 is 3.00 bits per heavy atom. The Hall–Kier alpha value is -2.69. The van der Waals surface area contributed by atoms with Gasteiger partial charge in [-0.25, -0.2) is 9.97 Å². The predicted molar refractivity (Wildman–Crippen MR) is 72.1 cm³/mol. The van der Waals surface area contributed by atoms with Crippen LogP contribution in [-0.2, 0) is 0 Å². The van der Waals surface area contributed by atoms with Gasteiger partial charge in [-0.15, -0.1) is 0 Å². The lowest BCUT2D eigenvalue weighted by Gasteiger charge is -2.05. The van der Waals surface area contributed by atoms with Crippen LogP contribution >= 0.6 is 0 Å². The molecule has 0 aliphatic rings. The Labute approximate surface area is 109 Å². The molecule has 0 bridgehead atoms. The predicted octanol–water partition coefficient (Wildman–Crippen LogP) is 2.29. The molecular weight excluding hydrogens is 240 g/mol. The second kappa shape index (κ2) is 4.53. The van der Waals surface area contributed by atoms with Crippen molar-refractivity contribution in [1.82, 2.24) is 14.4 Å². The lowest BCUT2D eigenvalue weighted by molar-refractivity contribution is 0.102. The minimum Gasteiger partial charge on any atom is -0.307 e. The van der Waals surface area contributed by atoms with Crippen molar-refractivity contribution in [3.63, 3.8) is 0 Å². The summed E-state index contributed by atoms with van der Waals surface area (Å²) in [5.41, 5.74) is 2.24. The maximum absolute atomic E-state index is 12.1. The quantitative estimate of drug-likeness (QED) is 0.761. The number of nitrogens with one attached hydrogen (secondary N) is 1. The van der Waals surface area contributed by atoms with Gasteiger partial charge in [-0.1, -0.05) is 6.07 Å². The van der Waals surface area contributed by atoms with E-state index in [9.17, 15) is 4.79 Å². The summed E-state index contributed by atoms with van der Waals surface area (Å²) in [7, 11) is 0. The highest BCUT2D eigenvalue weighted by Gasteiger charge is 2.07. The van der Waals surface area contributed by atoms with Gasteiger partial charge in [-0.3, -0.25) is 4.79 Å². The smallest absolute Gasteiger partial charge is 0.258 e. The molecule has 5 heteroatoms. The lowest BCUT2D eigenvalue weighted by Crippen LogP contribution is -2.13. The average Bonchev–Trinajstić information content (AvgIpc) is 2.85. The fourth-order valence-corrected chi connectivity index (χ4v) is 1.86. The molecule has 3 rings (SSSR count). The maximum atomic E-state index is 12.1. The third-order valence-electron chi connectivity index (χ3n) is 2.78. The van der Waals surface area contributed by atoms with Crippen molar-refractivity contribution in [1.29, 1.82) is 0 Å². The summed E-state index contributed by atoms with van der Waals surface area (Å²) in [5.74, 6) is 0.365. The van der Waals surface area contributed by atoms with Crippen molar-refractivity contribution in [3.8, 4) is 0 Å². The normalized spacial score (nSPS) is 10.6. The molecule has 0 saturated heterocycles. The fourth-order valence-electron chi connectivity index (χ4n) is 1.86. The first-order valence-corrected chi connectivity index (χ1v) is 5.90. The number of amides is 1. The minimum atomic E-state index is -0.186. The van der Waals surface area contributed by atoms with Gasteiger partial charge >= 0.3 is 0 Å². The summed E-state index contributed by atoms with van der Waals surface area (Å²) in [5, 5.41) is 2.77. The molecule has 0 aliphatic heterocycles. The average molecular weight is 252 g/mol. The van der Waals surface area contributed by atoms with E-state index in [2.05, 4.69) is 15.3 Å². The zero-order chi connectivity index (χ0) is 13.2. The summed E-state index contributed by atoms with van der Waals surface area (Å²) in [4.78, 5) is 20.5. The van der Waals surface area contributed by atoms with E-state index in [0.717, 1.165) is 11.3 Å². The van der Waals surface area contributed by atoms with Crippen molar-refractivity contribution in [3.05, 3.63) is 60.2 Å². The standard InChI is InChI=1S/C14H12N4O/c1-10-3-2-4-12(16-10)17-14(19)11-5-6-13-15-7-8-18(13)9-11/h2-9H,1H3,(H,16,17,19). The molecule has 1 N–H and O–H groups in total. The van der Waals surface area contributed by atoms with Gasteiger partial charge < -0.3 is 9.72 Å². The number of hydrogen-bond donors (Lipinski definition) is 1. The zero-order valence-electron chi connectivity index (χ0n) is 10.4. The number of pyridine rings is 2. The Morgan fingerprint density at radius 1 is 1.26 bits per heavy atom. The Bertz CT molecular complexity index is 748. The third kappa shape index (κ3) is 2.30. The molecule has 19 heavy (non-hydrogen) atoms. The first-order chi connectivity index (χ1) is 9.22. The molecule has 1 amide bonds. The first-order valence-electron chi connectivity index (χ1n) is 5.90. The van der Waals surface area contributed by atoms with Crippen LogP contribution in [0, 0.1) is 6.92 Å². The van der Waals surface area contributed by atoms with Gasteiger partial charge in [0.15, 0.2) is 0 Å². The van der Waals surface area contributed by atoms with Gasteiger partial charge in [-0.2, -0.15) is 0 Å². The van der Waals surface area contributed by atoms with E-state index >= 15 is 0 Å². The van der Waals surface area contributed by atoms with Crippen molar-refractivity contribution >= 4 is 17.4 Å². The van der Waals surface area contributed by atoms with E-state index in [1.165, 1.54) is 0 Å². The Balaban J connectivity index is 1.87. The number of aryl methyl sites for hydroxylation is 1. The van der Waals surface area contributed by atoms with Crippen LogP contribution in [0.4, 0.5) is 5.82 Å². The van der Waals surface area contributed by atoms with E-state index in [1.54, 1.807) is 41.2 Å². The van der Waals surface area contributed by atoms with Crippen molar-refractivity contribution in [2.75, 3.05) is 5.32 Å². The number of carbonyl (C=O) groups is 1. The van der Waals surface area contributed by atoms with Crippen molar-refractivity contribution in [2.24, 2.45) is 0 Å². The number of nitrogens with zero attached hydrogens (tertiary/aromatic N) is 3. The van der Waals surface area contributed by atoms with E-state index in [-0.39, 0.29) is 5.91 Å². The van der Waals surface area contributed by atoms with Crippen LogP contribution in [0.1, 0.15) is 16.1 Å². The highest BCUT2D eigenvalue weighted by atomic mass is 16.1. The molecule has 0 saturated carbocycles. The second-order valence-corrected chi connectivity index (χ2v) is 4.23. The summed E-state index contributed by atoms with van der Waals surface area (Å²) < 4.78 is 1.80. The molecule has 3 aromatic heterocycles. The zero-order valence-corrected chi connectivity index (χ0v) is 10.4. The number of aromatic nitrogens is 3. The molecule has 0 radical (unpaired) electrons. The first kappa shape index (κ1) is 11.4. The number of rotatable bonds is 2. The molecule has 0 spiro atoms. The maximum Gasteiger partial charge on any atom is 0.258 e.